The van der Waals surface area contributed by atoms with Gasteiger partial charge in [-0.2, -0.15) is 0 Å². The summed E-state index contributed by atoms with van der Waals surface area (Å²) >= 11 is 2.73. The van der Waals surface area contributed by atoms with Crippen molar-refractivity contribution in [2.45, 2.75) is 0 Å². The van der Waals surface area contributed by atoms with Crippen molar-refractivity contribution in [2.75, 3.05) is 0 Å². The second kappa shape index (κ2) is 8.86. The summed E-state index contributed by atoms with van der Waals surface area (Å²) in [5.41, 5.74) is 0. The number of rotatable bonds is 0. The third kappa shape index (κ3) is 9.08. The van der Waals surface area contributed by atoms with E-state index in [1.165, 1.54) is 0 Å². The molecular formula is HKO2S. The van der Waals surface area contributed by atoms with Crippen molar-refractivity contribution in [1.29, 1.82) is 0 Å². The minimum absolute atomic E-state index is 0. The van der Waals surface area contributed by atoms with Gasteiger partial charge in [0.15, 0.2) is 0 Å². The van der Waals surface area contributed by atoms with Crippen molar-refractivity contribution in [1.82, 2.24) is 0 Å². The Bertz CT molecular complexity index is 6.00. The Balaban J connectivity index is 0. The summed E-state index contributed by atoms with van der Waals surface area (Å²) in [5.74, 6) is 0. The molecule has 0 rings (SSSR count). The summed E-state index contributed by atoms with van der Waals surface area (Å²) in [6, 6.07) is 0. The first-order valence-electron chi connectivity index (χ1n) is 0.349. The summed E-state index contributed by atoms with van der Waals surface area (Å²) < 4.78 is 2.69. The molecule has 0 saturated heterocycles. The second-order valence-electron chi connectivity index (χ2n) is 0.0745. The molecule has 0 amide bonds. The average molecular weight is 104 g/mol. The Hall–Kier alpha value is 1.91. The molecule has 4 heteroatoms. The van der Waals surface area contributed by atoms with Gasteiger partial charge in [-0.1, -0.05) is 0 Å². The minimum atomic E-state index is 0. The Labute approximate surface area is 72.5 Å². The number of hydrogen-bond acceptors (Lipinski definition) is 3. The zero-order chi connectivity index (χ0) is 2.71. The van der Waals surface area contributed by atoms with Gasteiger partial charge in [0.2, 0.25) is 0 Å². The van der Waals surface area contributed by atoms with E-state index in [2.05, 4.69) is 17.2 Å². The smallest absolute Gasteiger partial charge is 0.711 e. The predicted octanol–water partition coefficient (Wildman–Crippen LogP) is -3.87. The van der Waals surface area contributed by atoms with Crippen LogP contribution in [-0.4, -0.2) is 0 Å². The fourth-order valence-corrected chi connectivity index (χ4v) is 0. The Morgan fingerprint density at radius 1 is 1.75 bits per heavy atom. The number of hydrogen-bond donors (Lipinski definition) is 1. The quantitative estimate of drug-likeness (QED) is 0.112. The third-order valence-electron chi connectivity index (χ3n) is 0. The molecule has 0 aliphatic rings. The molecule has 0 aliphatic carbocycles. The molecule has 0 unspecified atom stereocenters. The molecule has 0 saturated carbocycles. The molecule has 4 heavy (non-hydrogen) atoms. The van der Waals surface area contributed by atoms with E-state index in [9.17, 15) is 0 Å². The van der Waals surface area contributed by atoms with E-state index >= 15 is 0 Å². The van der Waals surface area contributed by atoms with Gasteiger partial charge in [0, 0.05) is 0 Å². The molecule has 2 nitrogen and oxygen atoms in total. The molecular weight excluding hydrogens is 103 g/mol. The fraction of sp³-hybridized carbons (Fsp3) is 0. The maximum Gasteiger partial charge on any atom is 1.00 e. The summed E-state index contributed by atoms with van der Waals surface area (Å²) in [6.45, 7) is 0. The van der Waals surface area contributed by atoms with Crippen LogP contribution in [0.1, 0.15) is 0 Å². The summed E-state index contributed by atoms with van der Waals surface area (Å²) in [7, 11) is 0. The van der Waals surface area contributed by atoms with Crippen molar-refractivity contribution >= 4 is 12.9 Å². The van der Waals surface area contributed by atoms with Crippen LogP contribution in [0.2, 0.25) is 0 Å². The van der Waals surface area contributed by atoms with Crippen molar-refractivity contribution in [3.63, 3.8) is 0 Å². The average Bonchev–Trinajstić information content (AvgIpc) is 0.918. The van der Waals surface area contributed by atoms with Crippen LogP contribution in [0.15, 0.2) is 0 Å². The van der Waals surface area contributed by atoms with Crippen molar-refractivity contribution in [2.24, 2.45) is 0 Å². The normalized spacial score (nSPS) is 4.50. The largest absolute Gasteiger partial charge is 1.00 e. The van der Waals surface area contributed by atoms with Gasteiger partial charge in [-0.15, -0.1) is 0 Å². The zero-order valence-corrected chi connectivity index (χ0v) is 6.28. The monoisotopic (exact) mass is 104 g/mol. The van der Waals surface area contributed by atoms with Gasteiger partial charge >= 0.3 is 51.4 Å². The van der Waals surface area contributed by atoms with Crippen molar-refractivity contribution in [3.05, 3.63) is 0 Å². The van der Waals surface area contributed by atoms with E-state index in [1.807, 2.05) is 0 Å². The first kappa shape index (κ1) is 9.32. The molecule has 0 aromatic heterocycles. The zero-order valence-electron chi connectivity index (χ0n) is 2.26. The Morgan fingerprint density at radius 3 is 1.75 bits per heavy atom. The van der Waals surface area contributed by atoms with Crippen LogP contribution >= 0.6 is 12.9 Å². The van der Waals surface area contributed by atoms with Gasteiger partial charge in [-0.05, 0) is 12.9 Å². The molecule has 0 aromatic carbocycles. The van der Waals surface area contributed by atoms with Crippen molar-refractivity contribution in [3.8, 4) is 0 Å². The second-order valence-corrected chi connectivity index (χ2v) is 0.224. The molecule has 0 aliphatic heterocycles. The molecule has 0 heterocycles. The molecule has 20 valence electrons. The fourth-order valence-electron chi connectivity index (χ4n) is 0. The van der Waals surface area contributed by atoms with E-state index in [4.69, 9.17) is 5.26 Å². The van der Waals surface area contributed by atoms with Gasteiger partial charge in [0.25, 0.3) is 0 Å². The van der Waals surface area contributed by atoms with Gasteiger partial charge in [-0.3, -0.25) is 0 Å². The van der Waals surface area contributed by atoms with Gasteiger partial charge < -0.3 is 9.59 Å². The maximum absolute atomic E-state index is 8.29. The van der Waals surface area contributed by atoms with Crippen LogP contribution in [0.3, 0.4) is 0 Å². The molecule has 0 spiro atoms. The third-order valence-corrected chi connectivity index (χ3v) is 0. The van der Waals surface area contributed by atoms with Gasteiger partial charge in [0.1, 0.15) is 0 Å². The predicted molar refractivity (Wildman–Crippen MR) is 10.1 cm³/mol. The van der Waals surface area contributed by atoms with E-state index in [0.717, 1.165) is 0 Å². The van der Waals surface area contributed by atoms with Gasteiger partial charge in [-0.25, -0.2) is 0 Å². The molecule has 0 N–H and O–H groups in total. The van der Waals surface area contributed by atoms with E-state index in [1.54, 1.807) is 0 Å². The van der Waals surface area contributed by atoms with Crippen LogP contribution < -0.4 is 56.6 Å². The Kier molecular flexibility index (Phi) is 20.6. The molecule has 0 atom stereocenters. The van der Waals surface area contributed by atoms with E-state index in [0.29, 0.717) is 0 Å². The standard InChI is InChI=1S/K.H2O2S/c;1-2-3/h;1,3H/q+1;/p-1. The topological polar surface area (TPSA) is 32.3 Å². The van der Waals surface area contributed by atoms with E-state index < -0.39 is 0 Å². The van der Waals surface area contributed by atoms with Crippen LogP contribution in [0.4, 0.5) is 0 Å². The molecule has 0 aromatic rings. The van der Waals surface area contributed by atoms with Crippen LogP contribution in [0, 0.1) is 0 Å². The maximum atomic E-state index is 8.29. The minimum Gasteiger partial charge on any atom is -0.711 e. The van der Waals surface area contributed by atoms with E-state index in [-0.39, 0.29) is 51.4 Å². The molecule has 0 bridgehead atoms. The first-order valence-corrected chi connectivity index (χ1v) is 0.714. The number of thiol groups is 1. The van der Waals surface area contributed by atoms with Crippen LogP contribution in [0.5, 0.6) is 0 Å². The first-order chi connectivity index (χ1) is 1.41. The summed E-state index contributed by atoms with van der Waals surface area (Å²) in [6.07, 6.45) is 0. The molecule has 0 fully saturated rings. The van der Waals surface area contributed by atoms with Crippen LogP contribution in [0.25, 0.3) is 0 Å². The summed E-state index contributed by atoms with van der Waals surface area (Å²) in [5, 5.41) is 8.29. The summed E-state index contributed by atoms with van der Waals surface area (Å²) in [4.78, 5) is 0. The Morgan fingerprint density at radius 2 is 1.75 bits per heavy atom. The molecule has 0 radical (unpaired) electrons. The van der Waals surface area contributed by atoms with Crippen molar-refractivity contribution < 1.29 is 61.0 Å². The SMILES string of the molecule is [K+].[O-]OS. The van der Waals surface area contributed by atoms with Gasteiger partial charge in [0.05, 0.1) is 0 Å². The van der Waals surface area contributed by atoms with Crippen LogP contribution in [-0.2, 0) is 4.33 Å².